The van der Waals surface area contributed by atoms with Gasteiger partial charge in [-0.15, -0.1) is 0 Å². The maximum atomic E-state index is 5.13. The molecule has 0 bridgehead atoms. The minimum Gasteiger partial charge on any atom is -0.383 e. The van der Waals surface area contributed by atoms with Gasteiger partial charge in [-0.05, 0) is 25.7 Å². The van der Waals surface area contributed by atoms with Crippen molar-refractivity contribution in [2.45, 2.75) is 57.9 Å². The molecule has 112 valence electrons. The van der Waals surface area contributed by atoms with Gasteiger partial charge in [0.05, 0.1) is 6.61 Å². The van der Waals surface area contributed by atoms with Crippen LogP contribution in [-0.2, 0) is 4.74 Å². The number of hydrogen-bond acceptors (Lipinski definition) is 2. The van der Waals surface area contributed by atoms with Crippen LogP contribution >= 0.6 is 0 Å². The molecule has 4 heteroatoms. The van der Waals surface area contributed by atoms with Crippen LogP contribution in [-0.4, -0.2) is 39.3 Å². The number of ether oxygens (including phenoxy) is 1. The molecule has 0 amide bonds. The second kappa shape index (κ2) is 10.1. The van der Waals surface area contributed by atoms with E-state index in [1.807, 2.05) is 7.05 Å². The van der Waals surface area contributed by atoms with Crippen LogP contribution < -0.4 is 10.6 Å². The van der Waals surface area contributed by atoms with Crippen molar-refractivity contribution in [1.29, 1.82) is 0 Å². The van der Waals surface area contributed by atoms with E-state index in [0.29, 0.717) is 6.61 Å². The summed E-state index contributed by atoms with van der Waals surface area (Å²) in [6.45, 7) is 3.84. The molecule has 0 saturated heterocycles. The van der Waals surface area contributed by atoms with E-state index >= 15 is 0 Å². The SMILES string of the molecule is CN=C(NCC1CCCCCCC1)NC(C)COC. The third kappa shape index (κ3) is 7.41. The molecule has 0 aromatic rings. The number of aliphatic imine (C=N–C) groups is 1. The van der Waals surface area contributed by atoms with Gasteiger partial charge in [-0.25, -0.2) is 0 Å². The Kier molecular flexibility index (Phi) is 8.63. The number of rotatable bonds is 5. The summed E-state index contributed by atoms with van der Waals surface area (Å²) in [4.78, 5) is 4.28. The van der Waals surface area contributed by atoms with Gasteiger partial charge in [0.15, 0.2) is 5.96 Å². The lowest BCUT2D eigenvalue weighted by atomic mass is 9.91. The summed E-state index contributed by atoms with van der Waals surface area (Å²) in [6.07, 6.45) is 9.74. The average Bonchev–Trinajstić information content (AvgIpc) is 2.36. The molecule has 0 spiro atoms. The van der Waals surface area contributed by atoms with Crippen molar-refractivity contribution in [3.8, 4) is 0 Å². The number of hydrogen-bond donors (Lipinski definition) is 2. The third-order valence-electron chi connectivity index (χ3n) is 3.81. The van der Waals surface area contributed by atoms with Crippen LogP contribution in [0.2, 0.25) is 0 Å². The van der Waals surface area contributed by atoms with Crippen LogP contribution in [0.5, 0.6) is 0 Å². The molecule has 0 aromatic carbocycles. The van der Waals surface area contributed by atoms with Gasteiger partial charge in [0.2, 0.25) is 0 Å². The Bertz CT molecular complexity index is 248. The highest BCUT2D eigenvalue weighted by Crippen LogP contribution is 2.21. The van der Waals surface area contributed by atoms with Crippen molar-refractivity contribution in [2.24, 2.45) is 10.9 Å². The van der Waals surface area contributed by atoms with Gasteiger partial charge in [-0.2, -0.15) is 0 Å². The van der Waals surface area contributed by atoms with E-state index in [4.69, 9.17) is 4.74 Å². The van der Waals surface area contributed by atoms with Crippen LogP contribution in [0, 0.1) is 5.92 Å². The van der Waals surface area contributed by atoms with Crippen molar-refractivity contribution in [2.75, 3.05) is 27.3 Å². The predicted molar refractivity (Wildman–Crippen MR) is 81.6 cm³/mol. The molecular formula is C15H31N3O. The highest BCUT2D eigenvalue weighted by atomic mass is 16.5. The number of guanidine groups is 1. The van der Waals surface area contributed by atoms with Crippen LogP contribution in [0.4, 0.5) is 0 Å². The predicted octanol–water partition coefficient (Wildman–Crippen LogP) is 2.55. The Balaban J connectivity index is 2.27. The molecule has 19 heavy (non-hydrogen) atoms. The zero-order valence-electron chi connectivity index (χ0n) is 12.9. The number of nitrogens with one attached hydrogen (secondary N) is 2. The van der Waals surface area contributed by atoms with Gasteiger partial charge in [0.25, 0.3) is 0 Å². The minimum atomic E-state index is 0.286. The highest BCUT2D eigenvalue weighted by molar-refractivity contribution is 5.79. The molecule has 1 fully saturated rings. The highest BCUT2D eigenvalue weighted by Gasteiger charge is 2.12. The number of methoxy groups -OCH3 is 1. The van der Waals surface area contributed by atoms with Gasteiger partial charge in [0, 0.05) is 26.7 Å². The topological polar surface area (TPSA) is 45.7 Å². The second-order valence-corrected chi connectivity index (χ2v) is 5.66. The Labute approximate surface area is 118 Å². The molecule has 1 unspecified atom stereocenters. The summed E-state index contributed by atoms with van der Waals surface area (Å²) >= 11 is 0. The van der Waals surface area contributed by atoms with E-state index in [1.165, 1.54) is 44.9 Å². The summed E-state index contributed by atoms with van der Waals surface area (Å²) in [5.74, 6) is 1.70. The Morgan fingerprint density at radius 1 is 1.21 bits per heavy atom. The first kappa shape index (κ1) is 16.3. The molecule has 1 saturated carbocycles. The van der Waals surface area contributed by atoms with E-state index in [2.05, 4.69) is 22.5 Å². The smallest absolute Gasteiger partial charge is 0.191 e. The lowest BCUT2D eigenvalue weighted by molar-refractivity contribution is 0.179. The van der Waals surface area contributed by atoms with Crippen molar-refractivity contribution < 1.29 is 4.74 Å². The molecular weight excluding hydrogens is 238 g/mol. The van der Waals surface area contributed by atoms with Crippen molar-refractivity contribution in [3.05, 3.63) is 0 Å². The molecule has 1 aliphatic carbocycles. The minimum absolute atomic E-state index is 0.286. The Hall–Kier alpha value is -0.770. The lowest BCUT2D eigenvalue weighted by Gasteiger charge is -2.22. The molecule has 4 nitrogen and oxygen atoms in total. The fourth-order valence-corrected chi connectivity index (χ4v) is 2.71. The molecule has 0 aliphatic heterocycles. The lowest BCUT2D eigenvalue weighted by Crippen LogP contribution is -2.45. The first-order valence-electron chi connectivity index (χ1n) is 7.72. The van der Waals surface area contributed by atoms with E-state index < -0.39 is 0 Å². The van der Waals surface area contributed by atoms with E-state index in [1.54, 1.807) is 7.11 Å². The summed E-state index contributed by atoms with van der Waals surface area (Å²) in [5, 5.41) is 6.81. The van der Waals surface area contributed by atoms with Gasteiger partial charge >= 0.3 is 0 Å². The summed E-state index contributed by atoms with van der Waals surface area (Å²) in [6, 6.07) is 0.286. The van der Waals surface area contributed by atoms with Crippen molar-refractivity contribution in [1.82, 2.24) is 10.6 Å². The van der Waals surface area contributed by atoms with E-state index in [-0.39, 0.29) is 6.04 Å². The quantitative estimate of drug-likeness (QED) is 0.595. The van der Waals surface area contributed by atoms with Gasteiger partial charge in [-0.1, -0.05) is 32.1 Å². The average molecular weight is 269 g/mol. The molecule has 2 N–H and O–H groups in total. The molecule has 1 atom stereocenters. The van der Waals surface area contributed by atoms with Crippen molar-refractivity contribution >= 4 is 5.96 Å². The van der Waals surface area contributed by atoms with E-state index in [0.717, 1.165) is 18.4 Å². The Morgan fingerprint density at radius 3 is 2.42 bits per heavy atom. The standard InChI is InChI=1S/C15H31N3O/c1-13(12-19-3)18-15(16-2)17-11-14-9-7-5-4-6-8-10-14/h13-14H,4-12H2,1-3H3,(H2,16,17,18). The van der Waals surface area contributed by atoms with Gasteiger partial charge < -0.3 is 15.4 Å². The van der Waals surface area contributed by atoms with Crippen LogP contribution in [0.25, 0.3) is 0 Å². The van der Waals surface area contributed by atoms with Gasteiger partial charge in [0.1, 0.15) is 0 Å². The van der Waals surface area contributed by atoms with E-state index in [9.17, 15) is 0 Å². The first-order valence-corrected chi connectivity index (χ1v) is 7.72. The largest absolute Gasteiger partial charge is 0.383 e. The van der Waals surface area contributed by atoms with Gasteiger partial charge in [-0.3, -0.25) is 4.99 Å². The first-order chi connectivity index (χ1) is 9.26. The monoisotopic (exact) mass is 269 g/mol. The van der Waals surface area contributed by atoms with Crippen molar-refractivity contribution in [3.63, 3.8) is 0 Å². The summed E-state index contributed by atoms with van der Waals surface area (Å²) in [5.41, 5.74) is 0. The fourth-order valence-electron chi connectivity index (χ4n) is 2.71. The maximum absolute atomic E-state index is 5.13. The summed E-state index contributed by atoms with van der Waals surface area (Å²) < 4.78 is 5.13. The fraction of sp³-hybridized carbons (Fsp3) is 0.933. The summed E-state index contributed by atoms with van der Waals surface area (Å²) in [7, 11) is 3.55. The number of nitrogens with zero attached hydrogens (tertiary/aromatic N) is 1. The normalized spacial score (nSPS) is 20.5. The van der Waals surface area contributed by atoms with Crippen LogP contribution in [0.3, 0.4) is 0 Å². The molecule has 0 heterocycles. The van der Waals surface area contributed by atoms with Crippen LogP contribution in [0.1, 0.15) is 51.9 Å². The molecule has 1 aliphatic rings. The zero-order valence-corrected chi connectivity index (χ0v) is 12.9. The second-order valence-electron chi connectivity index (χ2n) is 5.66. The molecule has 1 rings (SSSR count). The zero-order chi connectivity index (χ0) is 13.9. The molecule has 0 aromatic heterocycles. The maximum Gasteiger partial charge on any atom is 0.191 e. The van der Waals surface area contributed by atoms with Crippen LogP contribution in [0.15, 0.2) is 4.99 Å². The Morgan fingerprint density at radius 2 is 1.84 bits per heavy atom. The molecule has 0 radical (unpaired) electrons. The third-order valence-corrected chi connectivity index (χ3v) is 3.81.